The molecule has 0 bridgehead atoms. The predicted octanol–water partition coefficient (Wildman–Crippen LogP) is 2.56. The van der Waals surface area contributed by atoms with Crippen LogP contribution in [0.5, 0.6) is 0 Å². The molecule has 2 unspecified atom stereocenters. The second kappa shape index (κ2) is 6.19. The van der Waals surface area contributed by atoms with Crippen LogP contribution in [0, 0.1) is 22.0 Å². The number of amides is 1. The molecule has 3 N–H and O–H groups in total. The first kappa shape index (κ1) is 14.7. The van der Waals surface area contributed by atoms with E-state index in [-0.39, 0.29) is 28.5 Å². The van der Waals surface area contributed by atoms with Gasteiger partial charge >= 0.3 is 0 Å². The van der Waals surface area contributed by atoms with Gasteiger partial charge in [-0.05, 0) is 31.4 Å². The van der Waals surface area contributed by atoms with Gasteiger partial charge in [0.25, 0.3) is 5.69 Å². The van der Waals surface area contributed by atoms with E-state index in [2.05, 4.69) is 5.32 Å². The van der Waals surface area contributed by atoms with Gasteiger partial charge in [-0.25, -0.2) is 0 Å². The van der Waals surface area contributed by atoms with Gasteiger partial charge in [-0.1, -0.05) is 18.0 Å². The molecule has 0 radical (unpaired) electrons. The molecule has 1 fully saturated rings. The number of carbonyl (C=O) groups is 1. The second-order valence-electron chi connectivity index (χ2n) is 4.94. The monoisotopic (exact) mass is 297 g/mol. The Labute approximate surface area is 121 Å². The Morgan fingerprint density at radius 2 is 2.25 bits per heavy atom. The number of nitrogens with zero attached hydrogens (tertiary/aromatic N) is 1. The molecule has 1 aromatic rings. The van der Waals surface area contributed by atoms with Crippen LogP contribution >= 0.6 is 11.6 Å². The van der Waals surface area contributed by atoms with Crippen molar-refractivity contribution in [3.8, 4) is 0 Å². The van der Waals surface area contributed by atoms with Gasteiger partial charge in [0.1, 0.15) is 0 Å². The molecule has 0 spiro atoms. The molecule has 1 aliphatic carbocycles. The summed E-state index contributed by atoms with van der Waals surface area (Å²) in [7, 11) is 0. The molecule has 0 aromatic heterocycles. The lowest BCUT2D eigenvalue weighted by Crippen LogP contribution is -2.29. The summed E-state index contributed by atoms with van der Waals surface area (Å²) in [4.78, 5) is 22.3. The Balaban J connectivity index is 2.10. The lowest BCUT2D eigenvalue weighted by Gasteiger charge is -2.17. The topological polar surface area (TPSA) is 98.3 Å². The molecular weight excluding hydrogens is 282 g/mol. The molecule has 0 heterocycles. The van der Waals surface area contributed by atoms with E-state index in [0.717, 1.165) is 19.3 Å². The second-order valence-corrected chi connectivity index (χ2v) is 5.35. The predicted molar refractivity (Wildman–Crippen MR) is 76.6 cm³/mol. The number of non-ortho nitro benzene ring substituents is 1. The highest BCUT2D eigenvalue weighted by atomic mass is 35.5. The zero-order valence-corrected chi connectivity index (χ0v) is 11.6. The molecule has 7 heteroatoms. The molecule has 20 heavy (non-hydrogen) atoms. The molecule has 1 saturated carbocycles. The molecule has 0 saturated heterocycles. The Morgan fingerprint density at radius 1 is 1.50 bits per heavy atom. The highest BCUT2D eigenvalue weighted by molar-refractivity contribution is 6.34. The van der Waals surface area contributed by atoms with Crippen molar-refractivity contribution in [3.63, 3.8) is 0 Å². The van der Waals surface area contributed by atoms with Crippen LogP contribution in [0.1, 0.15) is 19.3 Å². The normalized spacial score (nSPS) is 21.7. The molecule has 1 aliphatic rings. The van der Waals surface area contributed by atoms with Crippen molar-refractivity contribution in [3.05, 3.63) is 33.3 Å². The van der Waals surface area contributed by atoms with Crippen LogP contribution < -0.4 is 11.1 Å². The molecular formula is C13H16ClN3O3. The zero-order chi connectivity index (χ0) is 14.7. The van der Waals surface area contributed by atoms with Crippen molar-refractivity contribution in [1.82, 2.24) is 0 Å². The van der Waals surface area contributed by atoms with E-state index in [4.69, 9.17) is 17.3 Å². The molecule has 0 aliphatic heterocycles. The smallest absolute Gasteiger partial charge is 0.271 e. The maximum atomic E-state index is 12.2. The Kier molecular flexibility index (Phi) is 4.57. The number of hydrogen-bond donors (Lipinski definition) is 2. The van der Waals surface area contributed by atoms with E-state index in [1.54, 1.807) is 0 Å². The van der Waals surface area contributed by atoms with Crippen molar-refractivity contribution >= 4 is 28.9 Å². The highest BCUT2D eigenvalue weighted by Crippen LogP contribution is 2.33. The third-order valence-electron chi connectivity index (χ3n) is 3.72. The summed E-state index contributed by atoms with van der Waals surface area (Å²) in [6.07, 6.45) is 2.77. The number of nitro benzene ring substituents is 1. The van der Waals surface area contributed by atoms with Crippen molar-refractivity contribution in [2.45, 2.75) is 19.3 Å². The zero-order valence-electron chi connectivity index (χ0n) is 10.8. The summed E-state index contributed by atoms with van der Waals surface area (Å²) in [5, 5.41) is 13.5. The number of rotatable bonds is 4. The number of nitrogens with one attached hydrogen (secondary N) is 1. The SMILES string of the molecule is NCC1CCCC1C(=O)Nc1ccc([N+](=O)[O-])cc1Cl. The summed E-state index contributed by atoms with van der Waals surface area (Å²) in [6.45, 7) is 0.492. The van der Waals surface area contributed by atoms with Crippen LogP contribution in [-0.4, -0.2) is 17.4 Å². The van der Waals surface area contributed by atoms with Gasteiger partial charge < -0.3 is 11.1 Å². The quantitative estimate of drug-likeness (QED) is 0.659. The Bertz CT molecular complexity index is 536. The van der Waals surface area contributed by atoms with Crippen LogP contribution in [0.2, 0.25) is 5.02 Å². The van der Waals surface area contributed by atoms with Crippen LogP contribution in [0.4, 0.5) is 11.4 Å². The van der Waals surface area contributed by atoms with Crippen molar-refractivity contribution in [2.24, 2.45) is 17.6 Å². The number of benzene rings is 1. The third-order valence-corrected chi connectivity index (χ3v) is 4.03. The van der Waals surface area contributed by atoms with E-state index in [9.17, 15) is 14.9 Å². The van der Waals surface area contributed by atoms with E-state index in [0.29, 0.717) is 12.2 Å². The summed E-state index contributed by atoms with van der Waals surface area (Å²) in [6, 6.07) is 3.99. The first-order chi connectivity index (χ1) is 9.52. The van der Waals surface area contributed by atoms with Gasteiger partial charge in [0.2, 0.25) is 5.91 Å². The van der Waals surface area contributed by atoms with Crippen LogP contribution in [0.15, 0.2) is 18.2 Å². The van der Waals surface area contributed by atoms with Gasteiger partial charge in [-0.3, -0.25) is 14.9 Å². The van der Waals surface area contributed by atoms with Crippen molar-refractivity contribution < 1.29 is 9.72 Å². The minimum atomic E-state index is -0.529. The van der Waals surface area contributed by atoms with Gasteiger partial charge in [0, 0.05) is 18.1 Å². The number of anilines is 1. The van der Waals surface area contributed by atoms with Gasteiger partial charge in [-0.2, -0.15) is 0 Å². The number of carbonyl (C=O) groups excluding carboxylic acids is 1. The van der Waals surface area contributed by atoms with Gasteiger partial charge in [-0.15, -0.1) is 0 Å². The molecule has 2 rings (SSSR count). The summed E-state index contributed by atoms with van der Waals surface area (Å²) < 4.78 is 0. The molecule has 1 aromatic carbocycles. The molecule has 6 nitrogen and oxygen atoms in total. The van der Waals surface area contributed by atoms with Gasteiger partial charge in [0.05, 0.1) is 15.6 Å². The largest absolute Gasteiger partial charge is 0.330 e. The molecule has 2 atom stereocenters. The summed E-state index contributed by atoms with van der Waals surface area (Å²) >= 11 is 5.95. The Morgan fingerprint density at radius 3 is 2.85 bits per heavy atom. The first-order valence-electron chi connectivity index (χ1n) is 6.47. The molecule has 108 valence electrons. The number of hydrogen-bond acceptors (Lipinski definition) is 4. The van der Waals surface area contributed by atoms with Crippen molar-refractivity contribution in [2.75, 3.05) is 11.9 Å². The lowest BCUT2D eigenvalue weighted by atomic mass is 9.95. The van der Waals surface area contributed by atoms with Crippen LogP contribution in [-0.2, 0) is 4.79 Å². The minimum absolute atomic E-state index is 0.103. The summed E-state index contributed by atoms with van der Waals surface area (Å²) in [5.74, 6) is -0.0215. The molecule has 1 amide bonds. The van der Waals surface area contributed by atoms with Crippen molar-refractivity contribution in [1.29, 1.82) is 0 Å². The van der Waals surface area contributed by atoms with E-state index in [1.165, 1.54) is 18.2 Å². The number of nitrogens with two attached hydrogens (primary N) is 1. The standard InChI is InChI=1S/C13H16ClN3O3/c14-11-6-9(17(19)20)4-5-12(11)16-13(18)10-3-1-2-8(10)7-15/h4-6,8,10H,1-3,7,15H2,(H,16,18). The van der Waals surface area contributed by atoms with E-state index < -0.39 is 4.92 Å². The average Bonchev–Trinajstić information content (AvgIpc) is 2.89. The number of nitro groups is 1. The fourth-order valence-corrected chi connectivity index (χ4v) is 2.83. The average molecular weight is 298 g/mol. The van der Waals surface area contributed by atoms with E-state index in [1.807, 2.05) is 0 Å². The first-order valence-corrected chi connectivity index (χ1v) is 6.85. The summed E-state index contributed by atoms with van der Waals surface area (Å²) in [5.41, 5.74) is 5.95. The van der Waals surface area contributed by atoms with Gasteiger partial charge in [0.15, 0.2) is 0 Å². The van der Waals surface area contributed by atoms with Crippen LogP contribution in [0.25, 0.3) is 0 Å². The lowest BCUT2D eigenvalue weighted by molar-refractivity contribution is -0.384. The fraction of sp³-hybridized carbons (Fsp3) is 0.462. The van der Waals surface area contributed by atoms with E-state index >= 15 is 0 Å². The third kappa shape index (κ3) is 3.08. The minimum Gasteiger partial charge on any atom is -0.330 e. The maximum absolute atomic E-state index is 12.2. The number of halogens is 1. The highest BCUT2D eigenvalue weighted by Gasteiger charge is 2.32. The fourth-order valence-electron chi connectivity index (χ4n) is 2.61. The maximum Gasteiger partial charge on any atom is 0.271 e. The van der Waals surface area contributed by atoms with Crippen LogP contribution in [0.3, 0.4) is 0 Å². The Hall–Kier alpha value is -1.66.